The van der Waals surface area contributed by atoms with Gasteiger partial charge in [0, 0.05) is 46.5 Å². The highest BCUT2D eigenvalue weighted by Crippen LogP contribution is 2.18. The molecule has 0 spiro atoms. The number of hydrogen-bond acceptors (Lipinski definition) is 2. The average molecular weight is 350 g/mol. The van der Waals surface area contributed by atoms with E-state index in [1.165, 1.54) is 0 Å². The van der Waals surface area contributed by atoms with Gasteiger partial charge in [0.05, 0.1) is 0 Å². The molecule has 0 fully saturated rings. The lowest BCUT2D eigenvalue weighted by Gasteiger charge is -2.22. The summed E-state index contributed by atoms with van der Waals surface area (Å²) in [5.74, 6) is 0.411. The quantitative estimate of drug-likeness (QED) is 0.793. The van der Waals surface area contributed by atoms with Gasteiger partial charge in [-0.1, -0.05) is 41.9 Å². The maximum Gasteiger partial charge on any atom is 0.254 e. The van der Waals surface area contributed by atoms with E-state index < -0.39 is 10.8 Å². The Morgan fingerprint density at radius 2 is 1.91 bits per heavy atom. The van der Waals surface area contributed by atoms with E-state index >= 15 is 0 Å². The van der Waals surface area contributed by atoms with Crippen molar-refractivity contribution in [3.8, 4) is 0 Å². The fraction of sp³-hybridized carbons (Fsp3) is 0.278. The Hall–Kier alpha value is -1.65. The number of halogens is 1. The summed E-state index contributed by atoms with van der Waals surface area (Å²) in [5.41, 5.74) is 2.45. The molecule has 1 atom stereocenters. The molecule has 0 saturated carbocycles. The summed E-state index contributed by atoms with van der Waals surface area (Å²) in [7, 11) is -0.927. The summed E-state index contributed by atoms with van der Waals surface area (Å²) in [6, 6.07) is 14.9. The van der Waals surface area contributed by atoms with Crippen molar-refractivity contribution in [2.75, 3.05) is 12.8 Å². The normalized spacial score (nSPS) is 12.0. The highest BCUT2D eigenvalue weighted by Gasteiger charge is 2.16. The van der Waals surface area contributed by atoms with Gasteiger partial charge in [0.1, 0.15) is 0 Å². The topological polar surface area (TPSA) is 37.4 Å². The van der Waals surface area contributed by atoms with E-state index in [0.29, 0.717) is 29.4 Å². The van der Waals surface area contributed by atoms with Crippen molar-refractivity contribution in [3.63, 3.8) is 0 Å². The van der Waals surface area contributed by atoms with E-state index in [2.05, 4.69) is 0 Å². The molecule has 3 nitrogen and oxygen atoms in total. The van der Waals surface area contributed by atoms with Crippen LogP contribution in [0.5, 0.6) is 0 Å². The van der Waals surface area contributed by atoms with Gasteiger partial charge in [-0.05, 0) is 36.2 Å². The van der Waals surface area contributed by atoms with Crippen molar-refractivity contribution >= 4 is 28.3 Å². The lowest BCUT2D eigenvalue weighted by molar-refractivity contribution is 0.0752. The summed E-state index contributed by atoms with van der Waals surface area (Å²) in [6.45, 7) is 3.01. The Morgan fingerprint density at radius 3 is 2.57 bits per heavy atom. The predicted molar refractivity (Wildman–Crippen MR) is 96.1 cm³/mol. The van der Waals surface area contributed by atoms with Crippen LogP contribution in [0.1, 0.15) is 28.4 Å². The first kappa shape index (κ1) is 17.7. The number of carbonyl (C=O) groups is 1. The molecule has 5 heteroatoms. The number of rotatable bonds is 6. The SMILES string of the molecule is CCN(Cc1ccccc1Cl)C(=O)c1cccc(CS(C)=O)c1. The fourth-order valence-corrected chi connectivity index (χ4v) is 3.22. The number of carbonyl (C=O) groups excluding carboxylic acids is 1. The average Bonchev–Trinajstić information content (AvgIpc) is 2.53. The molecule has 23 heavy (non-hydrogen) atoms. The molecule has 122 valence electrons. The first-order chi connectivity index (χ1) is 11.0. The number of amides is 1. The van der Waals surface area contributed by atoms with Crippen molar-refractivity contribution in [2.45, 2.75) is 19.2 Å². The monoisotopic (exact) mass is 349 g/mol. The van der Waals surface area contributed by atoms with Crippen LogP contribution in [0.15, 0.2) is 48.5 Å². The zero-order valence-electron chi connectivity index (χ0n) is 13.3. The summed E-state index contributed by atoms with van der Waals surface area (Å²) in [6.07, 6.45) is 1.66. The Morgan fingerprint density at radius 1 is 1.17 bits per heavy atom. The maximum absolute atomic E-state index is 12.7. The van der Waals surface area contributed by atoms with Crippen molar-refractivity contribution in [1.29, 1.82) is 0 Å². The van der Waals surface area contributed by atoms with Crippen LogP contribution in [-0.2, 0) is 23.1 Å². The molecular formula is C18H20ClNO2S. The molecule has 0 aliphatic carbocycles. The number of benzene rings is 2. The van der Waals surface area contributed by atoms with Crippen LogP contribution in [0, 0.1) is 0 Å². The van der Waals surface area contributed by atoms with Crippen molar-refractivity contribution in [2.24, 2.45) is 0 Å². The van der Waals surface area contributed by atoms with Gasteiger partial charge < -0.3 is 4.90 Å². The molecule has 0 heterocycles. The molecule has 2 aromatic rings. The molecular weight excluding hydrogens is 330 g/mol. The van der Waals surface area contributed by atoms with Gasteiger partial charge in [0.25, 0.3) is 5.91 Å². The summed E-state index contributed by atoms with van der Waals surface area (Å²) in [4.78, 5) is 14.5. The van der Waals surface area contributed by atoms with Crippen molar-refractivity contribution in [1.82, 2.24) is 4.90 Å². The van der Waals surface area contributed by atoms with Gasteiger partial charge in [-0.3, -0.25) is 9.00 Å². The maximum atomic E-state index is 12.7. The van der Waals surface area contributed by atoms with Gasteiger partial charge in [-0.15, -0.1) is 0 Å². The van der Waals surface area contributed by atoms with Crippen LogP contribution in [0.4, 0.5) is 0 Å². The number of hydrogen-bond donors (Lipinski definition) is 0. The first-order valence-corrected chi connectivity index (χ1v) is 9.53. The molecule has 0 aliphatic rings. The van der Waals surface area contributed by atoms with Gasteiger partial charge >= 0.3 is 0 Å². The van der Waals surface area contributed by atoms with Crippen LogP contribution in [0.3, 0.4) is 0 Å². The van der Waals surface area contributed by atoms with Crippen molar-refractivity contribution in [3.05, 3.63) is 70.2 Å². The largest absolute Gasteiger partial charge is 0.335 e. The molecule has 2 aromatic carbocycles. The minimum Gasteiger partial charge on any atom is -0.335 e. The van der Waals surface area contributed by atoms with Gasteiger partial charge in [-0.25, -0.2) is 0 Å². The van der Waals surface area contributed by atoms with Crippen LogP contribution < -0.4 is 0 Å². The Balaban J connectivity index is 2.20. The van der Waals surface area contributed by atoms with Crippen LogP contribution >= 0.6 is 11.6 Å². The van der Waals surface area contributed by atoms with E-state index in [4.69, 9.17) is 11.6 Å². The molecule has 2 rings (SSSR count). The van der Waals surface area contributed by atoms with Crippen molar-refractivity contribution < 1.29 is 9.00 Å². The van der Waals surface area contributed by atoms with E-state index in [0.717, 1.165) is 11.1 Å². The predicted octanol–water partition coefficient (Wildman–Crippen LogP) is 3.88. The van der Waals surface area contributed by atoms with E-state index in [1.54, 1.807) is 17.2 Å². The molecule has 0 bridgehead atoms. The van der Waals surface area contributed by atoms with E-state index in [1.807, 2.05) is 49.4 Å². The van der Waals surface area contributed by atoms with Gasteiger partial charge in [0.15, 0.2) is 0 Å². The summed E-state index contributed by atoms with van der Waals surface area (Å²) in [5, 5.41) is 0.661. The Bertz CT molecular complexity index is 718. The fourth-order valence-electron chi connectivity index (χ4n) is 2.37. The Kier molecular flexibility index (Phi) is 6.37. The molecule has 0 saturated heterocycles. The van der Waals surface area contributed by atoms with Crippen LogP contribution in [-0.4, -0.2) is 27.8 Å². The minimum atomic E-state index is -0.927. The minimum absolute atomic E-state index is 0.0452. The summed E-state index contributed by atoms with van der Waals surface area (Å²) >= 11 is 6.19. The van der Waals surface area contributed by atoms with E-state index in [9.17, 15) is 9.00 Å². The van der Waals surface area contributed by atoms with Crippen LogP contribution in [0.25, 0.3) is 0 Å². The second-order valence-electron chi connectivity index (χ2n) is 5.33. The molecule has 0 N–H and O–H groups in total. The first-order valence-electron chi connectivity index (χ1n) is 7.43. The zero-order chi connectivity index (χ0) is 16.8. The zero-order valence-corrected chi connectivity index (χ0v) is 14.9. The van der Waals surface area contributed by atoms with Gasteiger partial charge in [-0.2, -0.15) is 0 Å². The van der Waals surface area contributed by atoms with Gasteiger partial charge in [0.2, 0.25) is 0 Å². The molecule has 0 radical (unpaired) electrons. The summed E-state index contributed by atoms with van der Waals surface area (Å²) < 4.78 is 11.4. The second-order valence-corrected chi connectivity index (χ2v) is 7.17. The smallest absolute Gasteiger partial charge is 0.254 e. The molecule has 1 amide bonds. The third-order valence-corrected chi connectivity index (χ3v) is 4.64. The van der Waals surface area contributed by atoms with E-state index in [-0.39, 0.29) is 5.91 Å². The lowest BCUT2D eigenvalue weighted by atomic mass is 10.1. The third kappa shape index (κ3) is 4.91. The molecule has 0 aliphatic heterocycles. The Labute approximate surface area is 144 Å². The second kappa shape index (κ2) is 8.27. The standard InChI is InChI=1S/C18H20ClNO2S/c1-3-20(12-16-8-4-5-10-17(16)19)18(21)15-9-6-7-14(11-15)13-23(2)22/h4-11H,3,12-13H2,1-2H3. The molecule has 1 unspecified atom stereocenters. The third-order valence-electron chi connectivity index (χ3n) is 3.53. The van der Waals surface area contributed by atoms with Crippen LogP contribution in [0.2, 0.25) is 5.02 Å². The lowest BCUT2D eigenvalue weighted by Crippen LogP contribution is -2.30. The number of nitrogens with zero attached hydrogens (tertiary/aromatic N) is 1. The molecule has 0 aromatic heterocycles. The highest BCUT2D eigenvalue weighted by atomic mass is 35.5. The highest BCUT2D eigenvalue weighted by molar-refractivity contribution is 7.83.